The molecule has 1 saturated heterocycles. The standard InChI is InChI=1S/C24H24FN3.ClH/c1-16-6-3-9-19(12-16)22-23(20-10-4-7-17(2)13-20)28-24(27-22)26-15-18-8-5-11-21(25)14-18;/h3-14,22-23H,15H2,1-2H3,(H2,26,27,28);1H/t22-,23+;. The minimum atomic E-state index is -0.236. The fourth-order valence-corrected chi connectivity index (χ4v) is 3.68. The van der Waals surface area contributed by atoms with Crippen LogP contribution in [-0.4, -0.2) is 5.96 Å². The average Bonchev–Trinajstić information content (AvgIpc) is 3.11. The Kier molecular flexibility index (Phi) is 6.55. The lowest BCUT2D eigenvalue weighted by Gasteiger charge is -2.20. The van der Waals surface area contributed by atoms with Gasteiger partial charge in [-0.2, -0.15) is 0 Å². The van der Waals surface area contributed by atoms with Gasteiger partial charge >= 0.3 is 0 Å². The first-order valence-electron chi connectivity index (χ1n) is 9.53. The highest BCUT2D eigenvalue weighted by atomic mass is 35.5. The van der Waals surface area contributed by atoms with Crippen molar-refractivity contribution in [2.75, 3.05) is 0 Å². The van der Waals surface area contributed by atoms with Crippen LogP contribution < -0.4 is 10.6 Å². The number of guanidine groups is 1. The highest BCUT2D eigenvalue weighted by molar-refractivity contribution is 5.85. The molecule has 0 aromatic heterocycles. The molecule has 29 heavy (non-hydrogen) atoms. The van der Waals surface area contributed by atoms with Crippen molar-refractivity contribution in [2.45, 2.75) is 32.5 Å². The summed E-state index contributed by atoms with van der Waals surface area (Å²) in [6.07, 6.45) is 0. The van der Waals surface area contributed by atoms with Crippen LogP contribution in [0.4, 0.5) is 4.39 Å². The van der Waals surface area contributed by atoms with E-state index in [1.54, 1.807) is 6.07 Å². The van der Waals surface area contributed by atoms with Crippen LogP contribution in [0.15, 0.2) is 77.8 Å². The van der Waals surface area contributed by atoms with Crippen LogP contribution >= 0.6 is 12.4 Å². The van der Waals surface area contributed by atoms with Crippen LogP contribution in [0.3, 0.4) is 0 Å². The quantitative estimate of drug-likeness (QED) is 0.605. The molecular weight excluding hydrogens is 385 g/mol. The number of nitrogens with one attached hydrogen (secondary N) is 2. The third kappa shape index (κ3) is 4.96. The van der Waals surface area contributed by atoms with Gasteiger partial charge < -0.3 is 10.6 Å². The number of aryl methyl sites for hydroxylation is 2. The van der Waals surface area contributed by atoms with Crippen LogP contribution in [0.25, 0.3) is 0 Å². The number of benzene rings is 3. The summed E-state index contributed by atoms with van der Waals surface area (Å²) in [5, 5.41) is 7.07. The van der Waals surface area contributed by atoms with E-state index >= 15 is 0 Å². The molecule has 0 saturated carbocycles. The maximum absolute atomic E-state index is 13.4. The zero-order valence-electron chi connectivity index (χ0n) is 16.5. The first kappa shape index (κ1) is 20.9. The van der Waals surface area contributed by atoms with Gasteiger partial charge in [0.25, 0.3) is 0 Å². The van der Waals surface area contributed by atoms with Crippen molar-refractivity contribution in [1.82, 2.24) is 10.6 Å². The molecule has 3 aromatic carbocycles. The summed E-state index contributed by atoms with van der Waals surface area (Å²) in [5.41, 5.74) is 5.74. The second kappa shape index (κ2) is 9.10. The third-order valence-electron chi connectivity index (χ3n) is 5.03. The lowest BCUT2D eigenvalue weighted by atomic mass is 9.93. The van der Waals surface area contributed by atoms with Gasteiger partial charge in [-0.05, 0) is 42.7 Å². The molecule has 150 valence electrons. The summed E-state index contributed by atoms with van der Waals surface area (Å²) in [4.78, 5) is 4.66. The van der Waals surface area contributed by atoms with Crippen molar-refractivity contribution in [3.8, 4) is 0 Å². The molecule has 3 nitrogen and oxygen atoms in total. The fraction of sp³-hybridized carbons (Fsp3) is 0.208. The smallest absolute Gasteiger partial charge is 0.192 e. The van der Waals surface area contributed by atoms with Crippen LogP contribution in [0.5, 0.6) is 0 Å². The highest BCUT2D eigenvalue weighted by Crippen LogP contribution is 2.33. The molecule has 2 atom stereocenters. The van der Waals surface area contributed by atoms with E-state index in [0.717, 1.165) is 11.5 Å². The topological polar surface area (TPSA) is 36.4 Å². The predicted octanol–water partition coefficient (Wildman–Crippen LogP) is 5.40. The molecule has 4 rings (SSSR count). The second-order valence-corrected chi connectivity index (χ2v) is 7.37. The van der Waals surface area contributed by atoms with E-state index in [1.165, 1.54) is 34.4 Å². The summed E-state index contributed by atoms with van der Waals surface area (Å²) in [5.74, 6) is 0.502. The van der Waals surface area contributed by atoms with Gasteiger partial charge in [0.2, 0.25) is 0 Å². The van der Waals surface area contributed by atoms with Gasteiger partial charge in [0.05, 0.1) is 18.6 Å². The molecule has 0 amide bonds. The Bertz CT molecular complexity index is 963. The van der Waals surface area contributed by atoms with Crippen LogP contribution in [-0.2, 0) is 6.54 Å². The SMILES string of the molecule is Cc1cccc([C@H]2NC(=NCc3cccc(F)c3)N[C@H]2c2cccc(C)c2)c1.Cl. The number of rotatable bonds is 4. The van der Waals surface area contributed by atoms with Gasteiger partial charge in [-0.25, -0.2) is 9.38 Å². The van der Waals surface area contributed by atoms with E-state index in [9.17, 15) is 4.39 Å². The van der Waals surface area contributed by atoms with Crippen molar-refractivity contribution in [3.05, 3.63) is 106 Å². The van der Waals surface area contributed by atoms with E-state index in [2.05, 4.69) is 78.0 Å². The van der Waals surface area contributed by atoms with E-state index in [0.29, 0.717) is 6.54 Å². The predicted molar refractivity (Wildman–Crippen MR) is 119 cm³/mol. The van der Waals surface area contributed by atoms with Crippen LogP contribution in [0.1, 0.15) is 39.9 Å². The highest BCUT2D eigenvalue weighted by Gasteiger charge is 2.32. The van der Waals surface area contributed by atoms with Crippen LogP contribution in [0.2, 0.25) is 0 Å². The summed E-state index contributed by atoms with van der Waals surface area (Å²) in [6, 6.07) is 23.8. The number of hydrogen-bond acceptors (Lipinski definition) is 1. The van der Waals surface area contributed by atoms with Gasteiger partial charge in [-0.15, -0.1) is 12.4 Å². The minimum Gasteiger partial charge on any atom is -0.347 e. The number of nitrogens with zero attached hydrogens (tertiary/aromatic N) is 1. The fourth-order valence-electron chi connectivity index (χ4n) is 3.68. The molecule has 3 aromatic rings. The van der Waals surface area contributed by atoms with Gasteiger partial charge in [-0.3, -0.25) is 0 Å². The Hall–Kier alpha value is -2.85. The molecule has 1 heterocycles. The lowest BCUT2D eigenvalue weighted by Crippen LogP contribution is -2.25. The average molecular weight is 410 g/mol. The van der Waals surface area contributed by atoms with E-state index < -0.39 is 0 Å². The van der Waals surface area contributed by atoms with Crippen molar-refractivity contribution in [3.63, 3.8) is 0 Å². The number of halogens is 2. The number of aliphatic imine (C=N–C) groups is 1. The summed E-state index contributed by atoms with van der Waals surface area (Å²) >= 11 is 0. The third-order valence-corrected chi connectivity index (χ3v) is 5.03. The second-order valence-electron chi connectivity index (χ2n) is 7.37. The Morgan fingerprint density at radius 3 is 1.86 bits per heavy atom. The van der Waals surface area contributed by atoms with Crippen LogP contribution in [0, 0.1) is 19.7 Å². The molecule has 1 aliphatic heterocycles. The largest absolute Gasteiger partial charge is 0.347 e. The maximum Gasteiger partial charge on any atom is 0.192 e. The molecule has 5 heteroatoms. The van der Waals surface area contributed by atoms with E-state index in [-0.39, 0.29) is 30.3 Å². The Morgan fingerprint density at radius 2 is 1.34 bits per heavy atom. The zero-order chi connectivity index (χ0) is 19.5. The Labute approximate surface area is 177 Å². The Balaban J connectivity index is 0.00000240. The summed E-state index contributed by atoms with van der Waals surface area (Å²) < 4.78 is 13.4. The van der Waals surface area contributed by atoms with E-state index in [1.807, 2.05) is 6.07 Å². The van der Waals surface area contributed by atoms with E-state index in [4.69, 9.17) is 0 Å². The number of hydrogen-bond donors (Lipinski definition) is 2. The first-order valence-corrected chi connectivity index (χ1v) is 9.53. The zero-order valence-corrected chi connectivity index (χ0v) is 17.3. The molecule has 0 spiro atoms. The summed E-state index contributed by atoms with van der Waals surface area (Å²) in [6.45, 7) is 4.63. The molecule has 1 aliphatic rings. The monoisotopic (exact) mass is 409 g/mol. The Morgan fingerprint density at radius 1 is 0.793 bits per heavy atom. The van der Waals surface area contributed by atoms with Gasteiger partial charge in [0.15, 0.2) is 5.96 Å². The molecular formula is C24H25ClFN3. The van der Waals surface area contributed by atoms with Crippen molar-refractivity contribution in [1.29, 1.82) is 0 Å². The van der Waals surface area contributed by atoms with Gasteiger partial charge in [-0.1, -0.05) is 71.8 Å². The molecule has 0 bridgehead atoms. The van der Waals surface area contributed by atoms with Crippen molar-refractivity contribution in [2.24, 2.45) is 4.99 Å². The van der Waals surface area contributed by atoms with Gasteiger partial charge in [0, 0.05) is 0 Å². The first-order chi connectivity index (χ1) is 13.6. The molecule has 0 aliphatic carbocycles. The van der Waals surface area contributed by atoms with Gasteiger partial charge in [0.1, 0.15) is 5.82 Å². The molecule has 2 N–H and O–H groups in total. The molecule has 0 unspecified atom stereocenters. The van der Waals surface area contributed by atoms with Crippen molar-refractivity contribution >= 4 is 18.4 Å². The summed E-state index contributed by atoms with van der Waals surface area (Å²) in [7, 11) is 0. The molecule has 1 fully saturated rings. The minimum absolute atomic E-state index is 0. The van der Waals surface area contributed by atoms with Crippen molar-refractivity contribution < 1.29 is 4.39 Å². The normalized spacial score (nSPS) is 19.3. The maximum atomic E-state index is 13.4. The lowest BCUT2D eigenvalue weighted by molar-refractivity contribution is 0.553. The molecule has 0 radical (unpaired) electrons.